The molecule has 0 saturated heterocycles. The van der Waals surface area contributed by atoms with Crippen molar-refractivity contribution in [1.29, 1.82) is 0 Å². The van der Waals surface area contributed by atoms with Gasteiger partial charge >= 0.3 is 0 Å². The van der Waals surface area contributed by atoms with Gasteiger partial charge in [0.05, 0.1) is 0 Å². The second kappa shape index (κ2) is 32.5. The summed E-state index contributed by atoms with van der Waals surface area (Å²) < 4.78 is 18.3. The summed E-state index contributed by atoms with van der Waals surface area (Å²) in [6.45, 7) is 83.3. The second-order valence-electron chi connectivity index (χ2n) is 48.0. The van der Waals surface area contributed by atoms with Crippen molar-refractivity contribution in [1.82, 2.24) is 0 Å². The molecule has 0 aliphatic heterocycles. The Kier molecular flexibility index (Phi) is 24.2. The fourth-order valence-electron chi connectivity index (χ4n) is 17.8. The van der Waals surface area contributed by atoms with Crippen LogP contribution in [0.2, 0.25) is 0 Å². The first-order valence-electron chi connectivity index (χ1n) is 45.5. The van der Waals surface area contributed by atoms with Gasteiger partial charge in [-0.1, -0.05) is 425 Å². The van der Waals surface area contributed by atoms with Crippen LogP contribution in [0, 0.1) is 0 Å². The Morgan fingerprint density at radius 2 is 0.476 bits per heavy atom. The van der Waals surface area contributed by atoms with Crippen LogP contribution in [0.15, 0.2) is 227 Å². The summed E-state index contributed by atoms with van der Waals surface area (Å²) in [5.41, 5.74) is 32.0. The van der Waals surface area contributed by atoms with Gasteiger partial charge in [-0.3, -0.25) is 0 Å². The van der Waals surface area contributed by atoms with E-state index in [-0.39, 0.29) is 65.0 Å². The Bertz CT molecular complexity index is 6140. The molecule has 2 nitrogen and oxygen atoms in total. The molecule has 4 aromatic heterocycles. The molecule has 4 heterocycles. The van der Waals surface area contributed by atoms with E-state index in [1.807, 2.05) is 34.8 Å². The standard InChI is InChI=1S/2C30H36O.2C30H36S/c1-28(2,3)20-16-19(17-21(18-20)29(4,5)6)22-14-15-24-23-12-10-11-13-25(23)31-27(24)26(22)30(7,8)9;1-28(2,3)20-16-19(17-21(18-20)29(4,5)6)22-14-15-25-26(27(22)30(7,8)9)23-12-10-11-13-24(23)31-25;1-28(2,3)20-16-19(17-21(18-20)29(4,5)6)22-14-15-24-23-12-10-11-13-25(23)31-27(24)26(22)30(7,8)9;1-28(2,3)20-16-19(17-21(18-20)29(4,5)6)22-14-15-25-26(27(22)30(7,8)9)23-12-10-11-13-24(23)31-25/h4*10-18H,1-9H3. The smallest absolute Gasteiger partial charge is 0.139 e. The molecule has 12 aromatic carbocycles. The monoisotopic (exact) mass is 1680 g/mol. The summed E-state index contributed by atoms with van der Waals surface area (Å²) in [6, 6.07) is 81.7. The summed E-state index contributed by atoms with van der Waals surface area (Å²) in [5.74, 6) is 0. The first-order valence-corrected chi connectivity index (χ1v) is 47.1. The van der Waals surface area contributed by atoms with E-state index in [0.29, 0.717) is 0 Å². The molecule has 0 bridgehead atoms. The minimum Gasteiger partial charge on any atom is -0.456 e. The summed E-state index contributed by atoms with van der Waals surface area (Å²) in [6.07, 6.45) is 0. The second-order valence-corrected chi connectivity index (χ2v) is 50.2. The van der Waals surface area contributed by atoms with Gasteiger partial charge in [0.2, 0.25) is 0 Å². The molecule has 0 aliphatic carbocycles. The molecule has 0 unspecified atom stereocenters. The van der Waals surface area contributed by atoms with Gasteiger partial charge in [0, 0.05) is 67.5 Å². The van der Waals surface area contributed by atoms with E-state index in [4.69, 9.17) is 8.83 Å². The minimum atomic E-state index is -0.0532. The van der Waals surface area contributed by atoms with Crippen LogP contribution >= 0.6 is 22.7 Å². The third kappa shape index (κ3) is 19.2. The predicted octanol–water partition coefficient (Wildman–Crippen LogP) is 37.5. The van der Waals surface area contributed by atoms with Crippen LogP contribution in [0.1, 0.15) is 316 Å². The Labute approximate surface area is 754 Å². The Morgan fingerprint density at radius 1 is 0.185 bits per heavy atom. The molecule has 124 heavy (non-hydrogen) atoms. The largest absolute Gasteiger partial charge is 0.456 e. The molecule has 16 aromatic rings. The number of benzene rings is 12. The van der Waals surface area contributed by atoms with Crippen LogP contribution in [-0.2, 0) is 65.0 Å². The number of thiophene rings is 2. The fourth-order valence-corrected chi connectivity index (χ4v) is 20.4. The first kappa shape index (κ1) is 92.4. The molecule has 0 spiro atoms. The van der Waals surface area contributed by atoms with E-state index in [1.165, 1.54) is 173 Å². The number of furan rings is 2. The van der Waals surface area contributed by atoms with Crippen LogP contribution in [-0.4, -0.2) is 0 Å². The Balaban J connectivity index is 0.000000142. The quantitative estimate of drug-likeness (QED) is 0.176. The van der Waals surface area contributed by atoms with Crippen LogP contribution in [0.25, 0.3) is 129 Å². The maximum atomic E-state index is 6.47. The van der Waals surface area contributed by atoms with E-state index in [0.717, 1.165) is 22.3 Å². The van der Waals surface area contributed by atoms with E-state index in [1.54, 1.807) is 0 Å². The van der Waals surface area contributed by atoms with Gasteiger partial charge in [0.1, 0.15) is 22.3 Å². The SMILES string of the molecule is CC(C)(C)c1cc(-c2ccc3c(oc4ccccc43)c2C(C)(C)C)cc(C(C)(C)C)c1.CC(C)(C)c1cc(-c2ccc3c(sc4ccccc43)c2C(C)(C)C)cc(C(C)(C)C)c1.CC(C)(C)c1cc(-c2ccc3oc4ccccc4c3c2C(C)(C)C)cc(C(C)(C)C)c1.CC(C)(C)c1cc(-c2ccc3sc4ccccc4c3c2C(C)(C)C)cc(C(C)(C)C)c1. The van der Waals surface area contributed by atoms with Crippen molar-refractivity contribution in [2.75, 3.05) is 0 Å². The number of hydrogen-bond donors (Lipinski definition) is 0. The molecule has 4 heteroatoms. The topological polar surface area (TPSA) is 26.3 Å². The van der Waals surface area contributed by atoms with E-state index < -0.39 is 0 Å². The molecule has 0 amide bonds. The number of fused-ring (bicyclic) bond motifs is 12. The summed E-state index contributed by atoms with van der Waals surface area (Å²) in [7, 11) is 0. The van der Waals surface area contributed by atoms with Gasteiger partial charge in [-0.2, -0.15) is 0 Å². The zero-order valence-electron chi connectivity index (χ0n) is 82.4. The van der Waals surface area contributed by atoms with Gasteiger partial charge in [0.15, 0.2) is 0 Å². The van der Waals surface area contributed by atoms with Crippen LogP contribution in [0.5, 0.6) is 0 Å². The predicted molar refractivity (Wildman–Crippen MR) is 552 cm³/mol. The lowest BCUT2D eigenvalue weighted by Crippen LogP contribution is -2.17. The van der Waals surface area contributed by atoms with Crippen molar-refractivity contribution in [3.05, 3.63) is 285 Å². The average Bonchev–Trinajstić information content (AvgIpc) is 1.56. The molecule has 0 N–H and O–H groups in total. The number of hydrogen-bond acceptors (Lipinski definition) is 4. The Morgan fingerprint density at radius 3 is 0.855 bits per heavy atom. The zero-order chi connectivity index (χ0) is 91.1. The van der Waals surface area contributed by atoms with E-state index >= 15 is 0 Å². The van der Waals surface area contributed by atoms with Crippen molar-refractivity contribution >= 4 is 107 Å². The normalized spacial score (nSPS) is 13.3. The number of rotatable bonds is 4. The third-order valence-electron chi connectivity index (χ3n) is 25.1. The van der Waals surface area contributed by atoms with Gasteiger partial charge in [-0.15, -0.1) is 22.7 Å². The average molecular weight is 1680 g/mol. The molecule has 16 rings (SSSR count). The molecule has 0 atom stereocenters. The van der Waals surface area contributed by atoms with Crippen molar-refractivity contribution in [2.45, 2.75) is 314 Å². The lowest BCUT2D eigenvalue weighted by molar-refractivity contribution is 0.567. The molecule has 0 saturated carbocycles. The lowest BCUT2D eigenvalue weighted by atomic mass is 9.75. The molecular formula is C120H144O2S2. The fraction of sp³-hybridized carbons (Fsp3) is 0.400. The molecule has 0 radical (unpaired) electrons. The molecular weight excluding hydrogens is 1540 g/mol. The summed E-state index contributed by atoms with van der Waals surface area (Å²) in [5, 5.41) is 10.4. The first-order chi connectivity index (χ1) is 57.1. The minimum absolute atomic E-state index is 0.0267. The maximum absolute atomic E-state index is 6.47. The van der Waals surface area contributed by atoms with E-state index in [9.17, 15) is 0 Å². The van der Waals surface area contributed by atoms with Gasteiger partial charge in [0.25, 0.3) is 0 Å². The number of para-hydroxylation sites is 2. The van der Waals surface area contributed by atoms with Gasteiger partial charge < -0.3 is 8.83 Å². The highest BCUT2D eigenvalue weighted by atomic mass is 32.1. The van der Waals surface area contributed by atoms with Gasteiger partial charge in [-0.05, 0) is 213 Å². The summed E-state index contributed by atoms with van der Waals surface area (Å²) in [4.78, 5) is 0. The van der Waals surface area contributed by atoms with Crippen molar-refractivity contribution < 1.29 is 8.83 Å². The van der Waals surface area contributed by atoms with Crippen molar-refractivity contribution in [3.8, 4) is 44.5 Å². The molecule has 648 valence electrons. The highest BCUT2D eigenvalue weighted by molar-refractivity contribution is 7.26. The Hall–Kier alpha value is -9.32. The van der Waals surface area contributed by atoms with Crippen molar-refractivity contribution in [3.63, 3.8) is 0 Å². The molecule has 0 fully saturated rings. The van der Waals surface area contributed by atoms with Gasteiger partial charge in [-0.25, -0.2) is 0 Å². The third-order valence-corrected chi connectivity index (χ3v) is 27.4. The van der Waals surface area contributed by atoms with Crippen LogP contribution in [0.4, 0.5) is 0 Å². The van der Waals surface area contributed by atoms with Crippen LogP contribution in [0.3, 0.4) is 0 Å². The molecule has 0 aliphatic rings. The van der Waals surface area contributed by atoms with E-state index in [2.05, 4.69) is 456 Å². The summed E-state index contributed by atoms with van der Waals surface area (Å²) >= 11 is 3.85. The highest BCUT2D eigenvalue weighted by Gasteiger charge is 2.34. The maximum Gasteiger partial charge on any atom is 0.139 e. The lowest BCUT2D eigenvalue weighted by Gasteiger charge is -2.29. The highest BCUT2D eigenvalue weighted by Crippen LogP contribution is 2.52. The van der Waals surface area contributed by atoms with Crippen LogP contribution < -0.4 is 0 Å². The zero-order valence-corrected chi connectivity index (χ0v) is 84.1. The van der Waals surface area contributed by atoms with Crippen molar-refractivity contribution in [2.24, 2.45) is 0 Å².